The van der Waals surface area contributed by atoms with Gasteiger partial charge in [-0.3, -0.25) is 9.59 Å². The first-order valence-corrected chi connectivity index (χ1v) is 15.5. The summed E-state index contributed by atoms with van der Waals surface area (Å²) >= 11 is 0. The molecule has 216 valence electrons. The van der Waals surface area contributed by atoms with E-state index in [9.17, 15) is 35.6 Å². The SMILES string of the molecule is CS(=O)(=O)c1ccc(NC2CCC2)c(C(=O)N2CCC[C@@H]2C(=O)C[C@@H](c2ccc(C(F)(F)F)cc2F)C2CC2)c1. The maximum absolute atomic E-state index is 14.9. The Morgan fingerprint density at radius 3 is 2.33 bits per heavy atom. The van der Waals surface area contributed by atoms with Crippen molar-refractivity contribution in [2.24, 2.45) is 5.92 Å². The molecule has 5 rings (SSSR count). The zero-order valence-corrected chi connectivity index (χ0v) is 23.0. The van der Waals surface area contributed by atoms with Crippen LogP contribution in [0.5, 0.6) is 0 Å². The molecule has 1 heterocycles. The van der Waals surface area contributed by atoms with E-state index in [1.807, 2.05) is 0 Å². The van der Waals surface area contributed by atoms with E-state index in [-0.39, 0.29) is 40.2 Å². The minimum Gasteiger partial charge on any atom is -0.382 e. The summed E-state index contributed by atoms with van der Waals surface area (Å²) in [4.78, 5) is 28.9. The zero-order valence-electron chi connectivity index (χ0n) is 22.1. The van der Waals surface area contributed by atoms with E-state index < -0.39 is 45.3 Å². The highest BCUT2D eigenvalue weighted by molar-refractivity contribution is 7.90. The average molecular weight is 581 g/mol. The van der Waals surface area contributed by atoms with Crippen molar-refractivity contribution in [1.29, 1.82) is 0 Å². The molecule has 6 nitrogen and oxygen atoms in total. The Hall–Kier alpha value is -2.95. The van der Waals surface area contributed by atoms with Gasteiger partial charge in [-0.25, -0.2) is 12.8 Å². The number of benzene rings is 2. The third-order valence-electron chi connectivity index (χ3n) is 8.34. The van der Waals surface area contributed by atoms with Crippen molar-refractivity contribution >= 4 is 27.2 Å². The number of hydrogen-bond donors (Lipinski definition) is 1. The largest absolute Gasteiger partial charge is 0.416 e. The summed E-state index contributed by atoms with van der Waals surface area (Å²) in [6, 6.07) is 6.25. The molecule has 1 saturated heterocycles. The smallest absolute Gasteiger partial charge is 0.382 e. The summed E-state index contributed by atoms with van der Waals surface area (Å²) in [6.45, 7) is 0.309. The molecular formula is C29H32F4N2O4S. The van der Waals surface area contributed by atoms with E-state index in [0.717, 1.165) is 50.5 Å². The van der Waals surface area contributed by atoms with E-state index in [1.54, 1.807) is 6.07 Å². The number of sulfone groups is 1. The lowest BCUT2D eigenvalue weighted by Gasteiger charge is -2.30. The van der Waals surface area contributed by atoms with Gasteiger partial charge in [0.05, 0.1) is 22.1 Å². The highest BCUT2D eigenvalue weighted by Crippen LogP contribution is 2.46. The third kappa shape index (κ3) is 6.04. The van der Waals surface area contributed by atoms with Gasteiger partial charge in [0, 0.05) is 31.0 Å². The number of nitrogens with zero attached hydrogens (tertiary/aromatic N) is 1. The number of ketones is 1. The molecule has 2 atom stereocenters. The number of Topliss-reactive ketones (excluding diaryl/α,β-unsaturated/α-hetero) is 1. The summed E-state index contributed by atoms with van der Waals surface area (Å²) in [5, 5.41) is 3.32. The molecule has 1 N–H and O–H groups in total. The lowest BCUT2D eigenvalue weighted by Crippen LogP contribution is -2.41. The van der Waals surface area contributed by atoms with Crippen LogP contribution in [0.25, 0.3) is 0 Å². The van der Waals surface area contributed by atoms with Gasteiger partial charge in [-0.2, -0.15) is 13.2 Å². The van der Waals surface area contributed by atoms with E-state index in [1.165, 1.54) is 17.0 Å². The standard InChI is InChI=1S/C29H32F4N2O4S/c1-40(38,39)20-10-12-25(34-19-4-2-5-19)23(15-20)28(37)35-13-3-6-26(35)27(36)16-22(17-7-8-17)21-11-9-18(14-24(21)30)29(31,32)33/h9-12,14-15,17,19,22,26,34H,2-8,13,16H2,1H3/t22-,26-/m1/s1. The van der Waals surface area contributed by atoms with Gasteiger partial charge in [0.15, 0.2) is 15.6 Å². The average Bonchev–Trinajstić information content (AvgIpc) is 3.58. The number of carbonyl (C=O) groups excluding carboxylic acids is 2. The molecule has 2 saturated carbocycles. The van der Waals surface area contributed by atoms with Gasteiger partial charge in [0.25, 0.3) is 5.91 Å². The molecule has 0 bridgehead atoms. The fourth-order valence-electron chi connectivity index (χ4n) is 5.71. The number of amides is 1. The predicted octanol–water partition coefficient (Wildman–Crippen LogP) is 5.97. The van der Waals surface area contributed by atoms with Gasteiger partial charge in [-0.1, -0.05) is 6.07 Å². The van der Waals surface area contributed by atoms with E-state index in [0.29, 0.717) is 31.1 Å². The summed E-state index contributed by atoms with van der Waals surface area (Å²) in [7, 11) is -3.59. The van der Waals surface area contributed by atoms with Crippen LogP contribution in [0.15, 0.2) is 41.3 Å². The topological polar surface area (TPSA) is 83.6 Å². The van der Waals surface area contributed by atoms with Crippen LogP contribution in [0.4, 0.5) is 23.2 Å². The molecule has 11 heteroatoms. The van der Waals surface area contributed by atoms with E-state index in [2.05, 4.69) is 5.32 Å². The van der Waals surface area contributed by atoms with Crippen LogP contribution in [0.2, 0.25) is 0 Å². The maximum atomic E-state index is 14.9. The fourth-order valence-corrected chi connectivity index (χ4v) is 6.36. The Morgan fingerprint density at radius 1 is 1.02 bits per heavy atom. The molecule has 0 radical (unpaired) electrons. The second-order valence-corrected chi connectivity index (χ2v) is 13.3. The van der Waals surface area contributed by atoms with Crippen LogP contribution in [-0.2, 0) is 20.8 Å². The van der Waals surface area contributed by atoms with Crippen molar-refractivity contribution in [3.05, 3.63) is 58.9 Å². The Labute approximate surface area is 231 Å². The summed E-state index contributed by atoms with van der Waals surface area (Å²) in [5.74, 6) is -2.29. The first-order valence-electron chi connectivity index (χ1n) is 13.6. The number of anilines is 1. The number of rotatable bonds is 9. The Bertz CT molecular complexity index is 1420. The number of carbonyl (C=O) groups is 2. The van der Waals surface area contributed by atoms with Crippen LogP contribution in [0.3, 0.4) is 0 Å². The lowest BCUT2D eigenvalue weighted by atomic mass is 9.86. The van der Waals surface area contributed by atoms with Crippen LogP contribution in [0.1, 0.15) is 78.8 Å². The molecule has 0 spiro atoms. The Kier molecular flexibility index (Phi) is 7.71. The van der Waals surface area contributed by atoms with Crippen molar-refractivity contribution in [1.82, 2.24) is 4.90 Å². The third-order valence-corrected chi connectivity index (χ3v) is 9.45. The molecule has 40 heavy (non-hydrogen) atoms. The van der Waals surface area contributed by atoms with Crippen LogP contribution in [0, 0.1) is 11.7 Å². The van der Waals surface area contributed by atoms with Crippen molar-refractivity contribution in [2.75, 3.05) is 18.1 Å². The van der Waals surface area contributed by atoms with Gasteiger partial charge in [-0.05, 0) is 92.7 Å². The molecule has 3 aliphatic rings. The highest BCUT2D eigenvalue weighted by atomic mass is 32.2. The van der Waals surface area contributed by atoms with Crippen molar-refractivity contribution < 1.29 is 35.6 Å². The van der Waals surface area contributed by atoms with Crippen LogP contribution >= 0.6 is 0 Å². The monoisotopic (exact) mass is 580 g/mol. The molecular weight excluding hydrogens is 548 g/mol. The normalized spacial score (nSPS) is 20.7. The van der Waals surface area contributed by atoms with E-state index in [4.69, 9.17) is 0 Å². The summed E-state index contributed by atoms with van der Waals surface area (Å²) < 4.78 is 78.5. The highest BCUT2D eigenvalue weighted by Gasteiger charge is 2.41. The van der Waals surface area contributed by atoms with Crippen LogP contribution in [-0.4, -0.2) is 49.9 Å². The van der Waals surface area contributed by atoms with Gasteiger partial charge >= 0.3 is 6.18 Å². The number of nitrogens with one attached hydrogen (secondary N) is 1. The minimum absolute atomic E-state index is 0.00339. The molecule has 2 aromatic rings. The fraction of sp³-hybridized carbons (Fsp3) is 0.517. The van der Waals surface area contributed by atoms with Crippen LogP contribution < -0.4 is 5.32 Å². The molecule has 0 aromatic heterocycles. The number of likely N-dealkylation sites (tertiary alicyclic amines) is 1. The zero-order chi connectivity index (χ0) is 28.8. The quantitative estimate of drug-likeness (QED) is 0.370. The minimum atomic E-state index is -4.67. The summed E-state index contributed by atoms with van der Waals surface area (Å²) in [5.41, 5.74) is -0.290. The first kappa shape index (κ1) is 28.6. The molecule has 1 aliphatic heterocycles. The Balaban J connectivity index is 1.39. The first-order chi connectivity index (χ1) is 18.8. The second-order valence-electron chi connectivity index (χ2n) is 11.3. The number of halogens is 4. The molecule has 3 fully saturated rings. The van der Waals surface area contributed by atoms with Gasteiger partial charge < -0.3 is 10.2 Å². The van der Waals surface area contributed by atoms with Gasteiger partial charge in [0.2, 0.25) is 0 Å². The van der Waals surface area contributed by atoms with Crippen molar-refractivity contribution in [2.45, 2.75) is 80.4 Å². The molecule has 0 unspecified atom stereocenters. The molecule has 1 amide bonds. The maximum Gasteiger partial charge on any atom is 0.416 e. The second kappa shape index (κ2) is 10.8. The molecule has 2 aliphatic carbocycles. The van der Waals surface area contributed by atoms with Gasteiger partial charge in [-0.15, -0.1) is 0 Å². The Morgan fingerprint density at radius 2 is 1.75 bits per heavy atom. The summed E-state index contributed by atoms with van der Waals surface area (Å²) in [6.07, 6.45) is 1.73. The number of hydrogen-bond acceptors (Lipinski definition) is 5. The van der Waals surface area contributed by atoms with Crippen molar-refractivity contribution in [3.63, 3.8) is 0 Å². The molecule has 2 aromatic carbocycles. The van der Waals surface area contributed by atoms with E-state index >= 15 is 0 Å². The predicted molar refractivity (Wildman–Crippen MR) is 141 cm³/mol. The van der Waals surface area contributed by atoms with Gasteiger partial charge in [0.1, 0.15) is 5.82 Å². The number of alkyl halides is 3. The lowest BCUT2D eigenvalue weighted by molar-refractivity contribution is -0.137. The van der Waals surface area contributed by atoms with Crippen molar-refractivity contribution in [3.8, 4) is 0 Å².